The normalized spacial score (nSPS) is 37.3. The fraction of sp³-hybridized carbons (Fsp3) is 0.917. The van der Waals surface area contributed by atoms with Gasteiger partial charge in [0, 0.05) is 12.3 Å². The molecular formula is C12H22O4. The maximum absolute atomic E-state index is 11.4. The predicted octanol–water partition coefficient (Wildman–Crippen LogP) is 0.952. The van der Waals surface area contributed by atoms with Crippen LogP contribution in [0.1, 0.15) is 34.1 Å². The van der Waals surface area contributed by atoms with Crippen LogP contribution in [0.15, 0.2) is 0 Å². The number of ether oxygens (including phenoxy) is 1. The second kappa shape index (κ2) is 5.15. The Bertz CT molecular complexity index is 251. The molecule has 94 valence electrons. The van der Waals surface area contributed by atoms with E-state index in [0.29, 0.717) is 6.42 Å². The van der Waals surface area contributed by atoms with Gasteiger partial charge in [0.2, 0.25) is 0 Å². The molecule has 0 radical (unpaired) electrons. The Labute approximate surface area is 96.6 Å². The zero-order valence-electron chi connectivity index (χ0n) is 10.4. The molecule has 0 aromatic carbocycles. The first-order valence-electron chi connectivity index (χ1n) is 5.91. The molecule has 1 saturated heterocycles. The first-order chi connectivity index (χ1) is 7.34. The number of esters is 1. The van der Waals surface area contributed by atoms with E-state index in [9.17, 15) is 15.0 Å². The summed E-state index contributed by atoms with van der Waals surface area (Å²) >= 11 is 0. The van der Waals surface area contributed by atoms with E-state index in [4.69, 9.17) is 4.74 Å². The first-order valence-corrected chi connectivity index (χ1v) is 5.91. The molecule has 0 saturated carbocycles. The van der Waals surface area contributed by atoms with E-state index in [-0.39, 0.29) is 23.9 Å². The Morgan fingerprint density at radius 3 is 2.44 bits per heavy atom. The van der Waals surface area contributed by atoms with Crippen LogP contribution < -0.4 is 0 Å². The molecule has 2 N–H and O–H groups in total. The van der Waals surface area contributed by atoms with E-state index in [1.54, 1.807) is 6.92 Å². The second-order valence-electron chi connectivity index (χ2n) is 5.16. The lowest BCUT2D eigenvalue weighted by Gasteiger charge is -2.37. The molecule has 1 fully saturated rings. The van der Waals surface area contributed by atoms with Gasteiger partial charge in [-0.3, -0.25) is 4.79 Å². The van der Waals surface area contributed by atoms with Gasteiger partial charge in [0.1, 0.15) is 6.10 Å². The highest BCUT2D eigenvalue weighted by Gasteiger charge is 2.41. The number of aliphatic hydroxyl groups excluding tert-OH is 2. The van der Waals surface area contributed by atoms with Crippen molar-refractivity contribution in [3.63, 3.8) is 0 Å². The van der Waals surface area contributed by atoms with Gasteiger partial charge in [0.25, 0.3) is 0 Å². The van der Waals surface area contributed by atoms with Gasteiger partial charge in [-0.15, -0.1) is 0 Å². The minimum atomic E-state index is -0.675. The SMILES string of the molecule is CC(C)[C@@H](O)C[C@@H]1OC(=O)[C@H](C)[C@@H](O)[C@H]1C. The summed E-state index contributed by atoms with van der Waals surface area (Å²) in [6, 6.07) is 0. The largest absolute Gasteiger partial charge is 0.462 e. The zero-order valence-corrected chi connectivity index (χ0v) is 10.4. The Hall–Kier alpha value is -0.610. The highest BCUT2D eigenvalue weighted by atomic mass is 16.5. The number of carbonyl (C=O) groups is 1. The van der Waals surface area contributed by atoms with E-state index in [0.717, 1.165) is 0 Å². The number of hydrogen-bond acceptors (Lipinski definition) is 4. The summed E-state index contributed by atoms with van der Waals surface area (Å²) in [5.74, 6) is -0.836. The van der Waals surface area contributed by atoms with Gasteiger partial charge < -0.3 is 14.9 Å². The molecule has 0 aromatic rings. The summed E-state index contributed by atoms with van der Waals surface area (Å²) < 4.78 is 5.24. The molecule has 5 atom stereocenters. The fourth-order valence-corrected chi connectivity index (χ4v) is 1.95. The van der Waals surface area contributed by atoms with Crippen molar-refractivity contribution < 1.29 is 19.7 Å². The van der Waals surface area contributed by atoms with Gasteiger partial charge in [0.15, 0.2) is 0 Å². The average molecular weight is 230 g/mol. The lowest BCUT2D eigenvalue weighted by atomic mass is 9.83. The van der Waals surface area contributed by atoms with E-state index < -0.39 is 18.1 Å². The van der Waals surface area contributed by atoms with Gasteiger partial charge in [-0.25, -0.2) is 0 Å². The summed E-state index contributed by atoms with van der Waals surface area (Å²) in [7, 11) is 0. The lowest BCUT2D eigenvalue weighted by molar-refractivity contribution is -0.180. The highest BCUT2D eigenvalue weighted by molar-refractivity contribution is 5.73. The van der Waals surface area contributed by atoms with Crippen molar-refractivity contribution in [3.8, 4) is 0 Å². The lowest BCUT2D eigenvalue weighted by Crippen LogP contribution is -2.48. The van der Waals surface area contributed by atoms with Crippen LogP contribution in [0.2, 0.25) is 0 Å². The molecule has 4 heteroatoms. The maximum atomic E-state index is 11.4. The molecule has 0 amide bonds. The van der Waals surface area contributed by atoms with Crippen molar-refractivity contribution in [1.29, 1.82) is 0 Å². The van der Waals surface area contributed by atoms with E-state index in [1.165, 1.54) is 0 Å². The van der Waals surface area contributed by atoms with E-state index in [1.807, 2.05) is 20.8 Å². The van der Waals surface area contributed by atoms with Gasteiger partial charge in [-0.05, 0) is 12.8 Å². The highest BCUT2D eigenvalue weighted by Crippen LogP contribution is 2.29. The summed E-state index contributed by atoms with van der Waals surface area (Å²) in [6.07, 6.45) is -1.16. The van der Waals surface area contributed by atoms with Crippen molar-refractivity contribution in [1.82, 2.24) is 0 Å². The number of hydrogen-bond donors (Lipinski definition) is 2. The molecule has 0 aliphatic carbocycles. The van der Waals surface area contributed by atoms with Crippen LogP contribution in [0, 0.1) is 17.8 Å². The Morgan fingerprint density at radius 1 is 1.38 bits per heavy atom. The van der Waals surface area contributed by atoms with Crippen LogP contribution in [0.4, 0.5) is 0 Å². The van der Waals surface area contributed by atoms with Crippen LogP contribution in [-0.2, 0) is 9.53 Å². The molecule has 1 aliphatic rings. The van der Waals surface area contributed by atoms with Gasteiger partial charge in [-0.2, -0.15) is 0 Å². The van der Waals surface area contributed by atoms with Gasteiger partial charge in [0.05, 0.1) is 18.1 Å². The maximum Gasteiger partial charge on any atom is 0.311 e. The van der Waals surface area contributed by atoms with Crippen molar-refractivity contribution >= 4 is 5.97 Å². The Balaban J connectivity index is 2.64. The molecular weight excluding hydrogens is 208 g/mol. The molecule has 1 aliphatic heterocycles. The molecule has 4 nitrogen and oxygen atoms in total. The molecule has 0 spiro atoms. The summed E-state index contributed by atoms with van der Waals surface area (Å²) in [5.41, 5.74) is 0. The van der Waals surface area contributed by atoms with Crippen LogP contribution in [-0.4, -0.2) is 34.5 Å². The van der Waals surface area contributed by atoms with Crippen molar-refractivity contribution in [2.24, 2.45) is 17.8 Å². The third-order valence-corrected chi connectivity index (χ3v) is 3.52. The van der Waals surface area contributed by atoms with Crippen molar-refractivity contribution in [2.45, 2.75) is 52.4 Å². The Morgan fingerprint density at radius 2 is 1.94 bits per heavy atom. The summed E-state index contributed by atoms with van der Waals surface area (Å²) in [4.78, 5) is 11.4. The molecule has 0 aromatic heterocycles. The smallest absolute Gasteiger partial charge is 0.311 e. The van der Waals surface area contributed by atoms with Crippen LogP contribution in [0.25, 0.3) is 0 Å². The predicted molar refractivity (Wildman–Crippen MR) is 59.7 cm³/mol. The zero-order chi connectivity index (χ0) is 12.5. The molecule has 1 heterocycles. The molecule has 0 unspecified atom stereocenters. The number of cyclic esters (lactones) is 1. The van der Waals surface area contributed by atoms with Crippen LogP contribution in [0.3, 0.4) is 0 Å². The third kappa shape index (κ3) is 2.74. The number of carbonyl (C=O) groups excluding carboxylic acids is 1. The van der Waals surface area contributed by atoms with Gasteiger partial charge >= 0.3 is 5.97 Å². The number of rotatable bonds is 3. The van der Waals surface area contributed by atoms with E-state index >= 15 is 0 Å². The average Bonchev–Trinajstić information content (AvgIpc) is 2.22. The fourth-order valence-electron chi connectivity index (χ4n) is 1.95. The molecule has 0 bridgehead atoms. The van der Waals surface area contributed by atoms with E-state index in [2.05, 4.69) is 0 Å². The van der Waals surface area contributed by atoms with Gasteiger partial charge in [-0.1, -0.05) is 20.8 Å². The minimum Gasteiger partial charge on any atom is -0.462 e. The third-order valence-electron chi connectivity index (χ3n) is 3.52. The summed E-state index contributed by atoms with van der Waals surface area (Å²) in [5, 5.41) is 19.6. The topological polar surface area (TPSA) is 66.8 Å². The standard InChI is InChI=1S/C12H22O4/c1-6(2)9(13)5-10-7(3)11(14)8(4)12(15)16-10/h6-11,13-14H,5H2,1-4H3/t7-,8+,9-,10-,11-/m0/s1. The summed E-state index contributed by atoms with van der Waals surface area (Å²) in [6.45, 7) is 7.35. The minimum absolute atomic E-state index is 0.124. The quantitative estimate of drug-likeness (QED) is 0.708. The monoisotopic (exact) mass is 230 g/mol. The van der Waals surface area contributed by atoms with Crippen LogP contribution in [0.5, 0.6) is 0 Å². The second-order valence-corrected chi connectivity index (χ2v) is 5.16. The number of aliphatic hydroxyl groups is 2. The van der Waals surface area contributed by atoms with Crippen molar-refractivity contribution in [3.05, 3.63) is 0 Å². The van der Waals surface area contributed by atoms with Crippen molar-refractivity contribution in [2.75, 3.05) is 0 Å². The Kier molecular flexibility index (Phi) is 4.33. The molecule has 1 rings (SSSR count). The first kappa shape index (κ1) is 13.5. The van der Waals surface area contributed by atoms with Crippen LogP contribution >= 0.6 is 0 Å². The molecule has 16 heavy (non-hydrogen) atoms.